The van der Waals surface area contributed by atoms with Crippen LogP contribution in [0, 0.1) is 0 Å². The van der Waals surface area contributed by atoms with Gasteiger partial charge in [0.1, 0.15) is 6.61 Å². The Balaban J connectivity index is 2.82. The first kappa shape index (κ1) is 11.9. The minimum absolute atomic E-state index is 0.102. The molecule has 0 bridgehead atoms. The molecule has 0 aromatic carbocycles. The molecule has 1 N–H and O–H groups in total. The van der Waals surface area contributed by atoms with E-state index in [9.17, 15) is 4.79 Å². The third kappa shape index (κ3) is 3.49. The number of nitrogens with zero attached hydrogens (tertiary/aromatic N) is 1. The molecule has 0 spiro atoms. The van der Waals surface area contributed by atoms with Crippen LogP contribution in [0.1, 0.15) is 10.5 Å². The van der Waals surface area contributed by atoms with E-state index in [1.807, 2.05) is 0 Å². The summed E-state index contributed by atoms with van der Waals surface area (Å²) in [5, 5.41) is 8.82. The fraction of sp³-hybridized carbons (Fsp3) is 0.333. The lowest BCUT2D eigenvalue weighted by molar-refractivity contribution is 0.0682. The monoisotopic (exact) mass is 275 g/mol. The van der Waals surface area contributed by atoms with E-state index >= 15 is 0 Å². The van der Waals surface area contributed by atoms with Crippen LogP contribution in [0.25, 0.3) is 0 Å². The molecule has 1 aromatic rings. The molecule has 15 heavy (non-hydrogen) atoms. The van der Waals surface area contributed by atoms with E-state index in [1.165, 1.54) is 6.20 Å². The highest BCUT2D eigenvalue weighted by Crippen LogP contribution is 2.21. The van der Waals surface area contributed by atoms with Crippen LogP contribution in [-0.2, 0) is 4.74 Å². The molecule has 0 atom stereocenters. The first-order valence-electron chi connectivity index (χ1n) is 4.15. The average molecular weight is 276 g/mol. The van der Waals surface area contributed by atoms with Crippen LogP contribution in [0.2, 0.25) is 0 Å². The Morgan fingerprint density at radius 2 is 2.33 bits per heavy atom. The zero-order valence-corrected chi connectivity index (χ0v) is 9.65. The Hall–Kier alpha value is -1.14. The normalized spacial score (nSPS) is 10.0. The number of aromatic nitrogens is 1. The van der Waals surface area contributed by atoms with E-state index in [1.54, 1.807) is 13.2 Å². The van der Waals surface area contributed by atoms with E-state index in [0.717, 1.165) is 0 Å². The van der Waals surface area contributed by atoms with Crippen molar-refractivity contribution in [2.75, 3.05) is 20.3 Å². The van der Waals surface area contributed by atoms with Gasteiger partial charge < -0.3 is 14.6 Å². The number of carboxylic acid groups (broad SMARTS) is 1. The van der Waals surface area contributed by atoms with Gasteiger partial charge in [0.25, 0.3) is 0 Å². The highest BCUT2D eigenvalue weighted by Gasteiger charge is 2.13. The standard InChI is InChI=1S/C9H10BrNO4/c1-14-2-3-15-7-4-6(10)5-11-8(7)9(12)13/h4-5H,2-3H2,1H3,(H,12,13). The lowest BCUT2D eigenvalue weighted by atomic mass is 10.3. The van der Waals surface area contributed by atoms with Crippen LogP contribution in [0.5, 0.6) is 5.75 Å². The van der Waals surface area contributed by atoms with E-state index in [-0.39, 0.29) is 18.1 Å². The van der Waals surface area contributed by atoms with E-state index in [2.05, 4.69) is 20.9 Å². The molecule has 0 aliphatic heterocycles. The van der Waals surface area contributed by atoms with Crippen molar-refractivity contribution < 1.29 is 19.4 Å². The number of rotatable bonds is 5. The fourth-order valence-electron chi connectivity index (χ4n) is 0.926. The molecular formula is C9H10BrNO4. The summed E-state index contributed by atoms with van der Waals surface area (Å²) in [6.45, 7) is 0.681. The molecule has 0 saturated carbocycles. The quantitative estimate of drug-likeness (QED) is 0.827. The summed E-state index contributed by atoms with van der Waals surface area (Å²) < 4.78 is 10.7. The van der Waals surface area contributed by atoms with Crippen molar-refractivity contribution in [1.82, 2.24) is 4.98 Å². The van der Waals surface area contributed by atoms with Crippen molar-refractivity contribution in [2.24, 2.45) is 0 Å². The zero-order chi connectivity index (χ0) is 11.3. The minimum Gasteiger partial charge on any atom is -0.489 e. The summed E-state index contributed by atoms with van der Waals surface area (Å²) >= 11 is 3.19. The summed E-state index contributed by atoms with van der Waals surface area (Å²) in [6, 6.07) is 1.56. The third-order valence-corrected chi connectivity index (χ3v) is 2.00. The lowest BCUT2D eigenvalue weighted by Gasteiger charge is -2.07. The Morgan fingerprint density at radius 3 is 2.93 bits per heavy atom. The van der Waals surface area contributed by atoms with Gasteiger partial charge in [-0.2, -0.15) is 0 Å². The minimum atomic E-state index is -1.12. The van der Waals surface area contributed by atoms with Gasteiger partial charge in [-0.05, 0) is 22.0 Å². The van der Waals surface area contributed by atoms with Crippen molar-refractivity contribution in [3.63, 3.8) is 0 Å². The predicted octanol–water partition coefficient (Wildman–Crippen LogP) is 1.57. The molecule has 0 fully saturated rings. The molecule has 1 heterocycles. The smallest absolute Gasteiger partial charge is 0.358 e. The van der Waals surface area contributed by atoms with E-state index in [0.29, 0.717) is 11.1 Å². The second kappa shape index (κ2) is 5.67. The summed E-state index contributed by atoms with van der Waals surface area (Å²) in [5.74, 6) is -0.885. The van der Waals surface area contributed by atoms with Crippen molar-refractivity contribution >= 4 is 21.9 Å². The van der Waals surface area contributed by atoms with Gasteiger partial charge in [-0.3, -0.25) is 0 Å². The molecule has 0 unspecified atom stereocenters. The Labute approximate surface area is 95.2 Å². The number of carboxylic acids is 1. The van der Waals surface area contributed by atoms with Gasteiger partial charge in [0.05, 0.1) is 6.61 Å². The van der Waals surface area contributed by atoms with Crippen molar-refractivity contribution in [3.05, 3.63) is 22.4 Å². The molecule has 0 aliphatic rings. The SMILES string of the molecule is COCCOc1cc(Br)cnc1C(=O)O. The number of aromatic carboxylic acids is 1. The van der Waals surface area contributed by atoms with Crippen LogP contribution in [-0.4, -0.2) is 36.4 Å². The lowest BCUT2D eigenvalue weighted by Crippen LogP contribution is -2.09. The average Bonchev–Trinajstić information content (AvgIpc) is 2.18. The van der Waals surface area contributed by atoms with Crippen molar-refractivity contribution in [3.8, 4) is 5.75 Å². The number of halogens is 1. The van der Waals surface area contributed by atoms with E-state index in [4.69, 9.17) is 14.6 Å². The van der Waals surface area contributed by atoms with Gasteiger partial charge in [-0.15, -0.1) is 0 Å². The molecule has 0 aliphatic carbocycles. The maximum absolute atomic E-state index is 10.8. The number of hydrogen-bond acceptors (Lipinski definition) is 4. The van der Waals surface area contributed by atoms with Crippen LogP contribution < -0.4 is 4.74 Å². The summed E-state index contributed by atoms with van der Waals surface area (Å²) in [7, 11) is 1.54. The fourth-order valence-corrected chi connectivity index (χ4v) is 1.24. The van der Waals surface area contributed by atoms with Gasteiger partial charge in [0.2, 0.25) is 0 Å². The first-order chi connectivity index (χ1) is 7.15. The Kier molecular flexibility index (Phi) is 4.51. The van der Waals surface area contributed by atoms with Gasteiger partial charge in [-0.25, -0.2) is 9.78 Å². The third-order valence-electron chi connectivity index (χ3n) is 1.57. The zero-order valence-electron chi connectivity index (χ0n) is 8.07. The van der Waals surface area contributed by atoms with Crippen LogP contribution in [0.3, 0.4) is 0 Å². The molecule has 1 aromatic heterocycles. The number of ether oxygens (including phenoxy) is 2. The molecule has 0 saturated heterocycles. The number of pyridine rings is 1. The molecule has 82 valence electrons. The number of methoxy groups -OCH3 is 1. The maximum atomic E-state index is 10.8. The summed E-state index contributed by atoms with van der Waals surface area (Å²) in [5.41, 5.74) is -0.102. The van der Waals surface area contributed by atoms with Crippen molar-refractivity contribution in [2.45, 2.75) is 0 Å². The second-order valence-electron chi connectivity index (χ2n) is 2.65. The predicted molar refractivity (Wildman–Crippen MR) is 56.3 cm³/mol. The van der Waals surface area contributed by atoms with Crippen LogP contribution in [0.4, 0.5) is 0 Å². The summed E-state index contributed by atoms with van der Waals surface area (Å²) in [4.78, 5) is 14.5. The van der Waals surface area contributed by atoms with Gasteiger partial charge >= 0.3 is 5.97 Å². The molecule has 6 heteroatoms. The van der Waals surface area contributed by atoms with Crippen LogP contribution >= 0.6 is 15.9 Å². The van der Waals surface area contributed by atoms with Gasteiger partial charge in [-0.1, -0.05) is 0 Å². The summed E-state index contributed by atoms with van der Waals surface area (Å²) in [6.07, 6.45) is 1.41. The number of hydrogen-bond donors (Lipinski definition) is 1. The molecule has 1 rings (SSSR count). The largest absolute Gasteiger partial charge is 0.489 e. The van der Waals surface area contributed by atoms with Gasteiger partial charge in [0.15, 0.2) is 11.4 Å². The topological polar surface area (TPSA) is 68.7 Å². The molecule has 5 nitrogen and oxygen atoms in total. The highest BCUT2D eigenvalue weighted by molar-refractivity contribution is 9.10. The number of carbonyl (C=O) groups is 1. The molecule has 0 amide bonds. The Bertz CT molecular complexity index is 356. The van der Waals surface area contributed by atoms with Gasteiger partial charge in [0, 0.05) is 17.8 Å². The van der Waals surface area contributed by atoms with E-state index < -0.39 is 5.97 Å². The first-order valence-corrected chi connectivity index (χ1v) is 4.95. The molecule has 0 radical (unpaired) electrons. The Morgan fingerprint density at radius 1 is 1.60 bits per heavy atom. The maximum Gasteiger partial charge on any atom is 0.358 e. The van der Waals surface area contributed by atoms with Crippen molar-refractivity contribution in [1.29, 1.82) is 0 Å². The highest BCUT2D eigenvalue weighted by atomic mass is 79.9. The second-order valence-corrected chi connectivity index (χ2v) is 3.56. The molecular weight excluding hydrogens is 266 g/mol. The van der Waals surface area contributed by atoms with Crippen LogP contribution in [0.15, 0.2) is 16.7 Å².